The lowest BCUT2D eigenvalue weighted by molar-refractivity contribution is 0.310. The molecule has 2 N–H and O–H groups in total. The molecule has 4 heteroatoms. The minimum Gasteiger partial charge on any atom is -0.491 e. The third-order valence-electron chi connectivity index (χ3n) is 3.14. The number of thiophene rings is 1. The van der Waals surface area contributed by atoms with E-state index in [1.165, 1.54) is 4.88 Å². The van der Waals surface area contributed by atoms with Crippen molar-refractivity contribution < 1.29 is 4.74 Å². The summed E-state index contributed by atoms with van der Waals surface area (Å²) < 4.78 is 5.81. The van der Waals surface area contributed by atoms with Crippen LogP contribution in [0.25, 0.3) is 0 Å². The highest BCUT2D eigenvalue weighted by molar-refractivity contribution is 7.09. The van der Waals surface area contributed by atoms with Gasteiger partial charge in [0.2, 0.25) is 0 Å². The number of rotatable bonds is 10. The Labute approximate surface area is 131 Å². The number of para-hydroxylation sites is 2. The van der Waals surface area contributed by atoms with Crippen molar-refractivity contribution in [2.75, 3.05) is 25.0 Å². The summed E-state index contributed by atoms with van der Waals surface area (Å²) in [5.41, 5.74) is 1.08. The van der Waals surface area contributed by atoms with Gasteiger partial charge in [-0.2, -0.15) is 0 Å². The van der Waals surface area contributed by atoms with E-state index in [-0.39, 0.29) is 0 Å². The second-order valence-corrected chi connectivity index (χ2v) is 5.91. The fourth-order valence-electron chi connectivity index (χ4n) is 1.98. The zero-order chi connectivity index (χ0) is 14.8. The number of nitrogens with one attached hydrogen (secondary N) is 2. The summed E-state index contributed by atoms with van der Waals surface area (Å²) in [5.74, 6) is 0.948. The molecule has 0 saturated carbocycles. The third-order valence-corrected chi connectivity index (χ3v) is 4.02. The van der Waals surface area contributed by atoms with Gasteiger partial charge in [0, 0.05) is 24.5 Å². The second kappa shape index (κ2) is 9.42. The largest absolute Gasteiger partial charge is 0.491 e. The van der Waals surface area contributed by atoms with Gasteiger partial charge < -0.3 is 15.4 Å². The van der Waals surface area contributed by atoms with Gasteiger partial charge >= 0.3 is 0 Å². The zero-order valence-electron chi connectivity index (χ0n) is 12.6. The van der Waals surface area contributed by atoms with E-state index in [1.54, 1.807) is 11.3 Å². The first kappa shape index (κ1) is 15.9. The predicted molar refractivity (Wildman–Crippen MR) is 91.4 cm³/mol. The van der Waals surface area contributed by atoms with Crippen LogP contribution in [0, 0.1) is 0 Å². The lowest BCUT2D eigenvalue weighted by atomic mass is 10.3. The molecule has 3 nitrogen and oxygen atoms in total. The van der Waals surface area contributed by atoms with Crippen LogP contribution in [0.15, 0.2) is 41.8 Å². The third kappa shape index (κ3) is 5.78. The van der Waals surface area contributed by atoms with Gasteiger partial charge in [-0.15, -0.1) is 11.3 Å². The van der Waals surface area contributed by atoms with E-state index >= 15 is 0 Å². The Morgan fingerprint density at radius 2 is 2.00 bits per heavy atom. The standard InChI is InChI=1S/C17H24N2OS/c1-2-3-12-20-17-9-5-4-8-16(17)19-11-10-18-14-15-7-6-13-21-15/h4-9,13,18-19H,2-3,10-12,14H2,1H3. The van der Waals surface area contributed by atoms with Crippen LogP contribution in [-0.4, -0.2) is 19.7 Å². The lowest BCUT2D eigenvalue weighted by Gasteiger charge is -2.13. The maximum atomic E-state index is 5.81. The topological polar surface area (TPSA) is 33.3 Å². The second-order valence-electron chi connectivity index (χ2n) is 4.88. The van der Waals surface area contributed by atoms with Gasteiger partial charge in [0.15, 0.2) is 0 Å². The minimum absolute atomic E-state index is 0.784. The molecule has 2 rings (SSSR count). The van der Waals surface area contributed by atoms with Crippen LogP contribution in [0.5, 0.6) is 5.75 Å². The molecule has 0 aliphatic heterocycles. The van der Waals surface area contributed by atoms with Crippen LogP contribution in [0.3, 0.4) is 0 Å². The molecular formula is C17H24N2OS. The molecule has 0 aliphatic rings. The monoisotopic (exact) mass is 304 g/mol. The lowest BCUT2D eigenvalue weighted by Crippen LogP contribution is -2.21. The highest BCUT2D eigenvalue weighted by Gasteiger charge is 2.01. The first-order valence-electron chi connectivity index (χ1n) is 7.59. The van der Waals surface area contributed by atoms with E-state index in [4.69, 9.17) is 4.74 Å². The molecule has 0 saturated heterocycles. The molecule has 0 amide bonds. The van der Waals surface area contributed by atoms with Crippen LogP contribution >= 0.6 is 11.3 Å². The van der Waals surface area contributed by atoms with Crippen LogP contribution in [0.4, 0.5) is 5.69 Å². The first-order chi connectivity index (χ1) is 10.4. The van der Waals surface area contributed by atoms with Crippen LogP contribution in [0.2, 0.25) is 0 Å². The van der Waals surface area contributed by atoms with Crippen molar-refractivity contribution in [2.45, 2.75) is 26.3 Å². The van der Waals surface area contributed by atoms with Crippen LogP contribution in [0.1, 0.15) is 24.6 Å². The minimum atomic E-state index is 0.784. The highest BCUT2D eigenvalue weighted by Crippen LogP contribution is 2.23. The number of hydrogen-bond donors (Lipinski definition) is 2. The Morgan fingerprint density at radius 3 is 2.81 bits per heavy atom. The Bertz CT molecular complexity index is 499. The van der Waals surface area contributed by atoms with Crippen molar-refractivity contribution in [3.63, 3.8) is 0 Å². The maximum absolute atomic E-state index is 5.81. The van der Waals surface area contributed by atoms with Gasteiger partial charge in [-0.25, -0.2) is 0 Å². The zero-order valence-corrected chi connectivity index (χ0v) is 13.4. The quantitative estimate of drug-likeness (QED) is 0.648. The van der Waals surface area contributed by atoms with Crippen molar-refractivity contribution >= 4 is 17.0 Å². The SMILES string of the molecule is CCCCOc1ccccc1NCCNCc1cccs1. The van der Waals surface area contributed by atoms with E-state index < -0.39 is 0 Å². The van der Waals surface area contributed by atoms with Gasteiger partial charge in [-0.3, -0.25) is 0 Å². The molecule has 0 fully saturated rings. The number of anilines is 1. The fourth-order valence-corrected chi connectivity index (χ4v) is 2.65. The fraction of sp³-hybridized carbons (Fsp3) is 0.412. The van der Waals surface area contributed by atoms with E-state index in [9.17, 15) is 0 Å². The molecule has 0 radical (unpaired) electrons. The van der Waals surface area contributed by atoms with Crippen molar-refractivity contribution in [1.29, 1.82) is 0 Å². The molecule has 0 bridgehead atoms. The number of ether oxygens (including phenoxy) is 1. The van der Waals surface area contributed by atoms with Crippen molar-refractivity contribution in [3.8, 4) is 5.75 Å². The Balaban J connectivity index is 1.69. The molecule has 21 heavy (non-hydrogen) atoms. The van der Waals surface area contributed by atoms with Crippen molar-refractivity contribution in [1.82, 2.24) is 5.32 Å². The summed E-state index contributed by atoms with van der Waals surface area (Å²) in [7, 11) is 0. The van der Waals surface area contributed by atoms with Gasteiger partial charge in [0.25, 0.3) is 0 Å². The number of benzene rings is 1. The summed E-state index contributed by atoms with van der Waals surface area (Å²) in [5, 5.41) is 8.98. The van der Waals surface area contributed by atoms with Crippen LogP contribution in [-0.2, 0) is 6.54 Å². The van der Waals surface area contributed by atoms with Crippen molar-refractivity contribution in [2.24, 2.45) is 0 Å². The van der Waals surface area contributed by atoms with Crippen LogP contribution < -0.4 is 15.4 Å². The summed E-state index contributed by atoms with van der Waals surface area (Å²) in [4.78, 5) is 1.37. The molecule has 1 aromatic heterocycles. The Kier molecular flexibility index (Phi) is 7.12. The molecule has 114 valence electrons. The molecule has 0 unspecified atom stereocenters. The summed E-state index contributed by atoms with van der Waals surface area (Å²) in [6.07, 6.45) is 2.25. The number of hydrogen-bond acceptors (Lipinski definition) is 4. The van der Waals surface area contributed by atoms with E-state index in [1.807, 2.05) is 18.2 Å². The molecule has 1 heterocycles. The molecule has 1 aromatic carbocycles. The van der Waals surface area contributed by atoms with Gasteiger partial charge in [-0.1, -0.05) is 31.5 Å². The van der Waals surface area contributed by atoms with Gasteiger partial charge in [0.05, 0.1) is 12.3 Å². The smallest absolute Gasteiger partial charge is 0.142 e. The summed E-state index contributed by atoms with van der Waals surface area (Å²) >= 11 is 1.79. The predicted octanol–water partition coefficient (Wildman–Crippen LogP) is 4.13. The summed E-state index contributed by atoms with van der Waals surface area (Å²) in [6, 6.07) is 12.4. The molecule has 0 aliphatic carbocycles. The van der Waals surface area contributed by atoms with Crippen molar-refractivity contribution in [3.05, 3.63) is 46.7 Å². The van der Waals surface area contributed by atoms with E-state index in [0.717, 1.165) is 50.5 Å². The molecule has 0 atom stereocenters. The molecule has 0 spiro atoms. The average molecular weight is 304 g/mol. The average Bonchev–Trinajstić information content (AvgIpc) is 3.02. The first-order valence-corrected chi connectivity index (χ1v) is 8.47. The number of unbranched alkanes of at least 4 members (excludes halogenated alkanes) is 1. The Morgan fingerprint density at radius 1 is 1.10 bits per heavy atom. The van der Waals surface area contributed by atoms with Gasteiger partial charge in [-0.05, 0) is 30.0 Å². The normalized spacial score (nSPS) is 10.5. The molecular weight excluding hydrogens is 280 g/mol. The summed E-state index contributed by atoms with van der Waals surface area (Å²) in [6.45, 7) is 5.72. The highest BCUT2D eigenvalue weighted by atomic mass is 32.1. The maximum Gasteiger partial charge on any atom is 0.142 e. The Hall–Kier alpha value is -1.52. The molecule has 2 aromatic rings. The van der Waals surface area contributed by atoms with E-state index in [0.29, 0.717) is 0 Å². The van der Waals surface area contributed by atoms with E-state index in [2.05, 4.69) is 41.1 Å². The van der Waals surface area contributed by atoms with Gasteiger partial charge in [0.1, 0.15) is 5.75 Å².